The van der Waals surface area contributed by atoms with Gasteiger partial charge in [-0.15, -0.1) is 0 Å². The predicted octanol–water partition coefficient (Wildman–Crippen LogP) is 3.62. The minimum Gasteiger partial charge on any atom is -0.352 e. The third-order valence-corrected chi connectivity index (χ3v) is 4.51. The van der Waals surface area contributed by atoms with E-state index < -0.39 is 5.82 Å². The Kier molecular flexibility index (Phi) is 3.58. The standard InChI is InChI=1S/C18H13ClFN3O/c19-16-13(2-1-3-15(16)20)17-21-8-9-23(17)12-5-4-11-6-7-22-18(24)14(11)10-12/h1-5,8-10H,6-7H2,(H,22,24). The molecule has 24 heavy (non-hydrogen) atoms. The van der Waals surface area contributed by atoms with Crippen LogP contribution in [0.15, 0.2) is 48.8 Å². The second-order valence-corrected chi connectivity index (χ2v) is 5.95. The molecule has 0 spiro atoms. The third-order valence-electron chi connectivity index (χ3n) is 4.13. The molecular formula is C18H13ClFN3O. The maximum absolute atomic E-state index is 13.8. The molecule has 4 nitrogen and oxygen atoms in total. The summed E-state index contributed by atoms with van der Waals surface area (Å²) in [6.45, 7) is 0.653. The Hall–Kier alpha value is -2.66. The monoisotopic (exact) mass is 341 g/mol. The van der Waals surface area contributed by atoms with Gasteiger partial charge in [-0.1, -0.05) is 23.7 Å². The van der Waals surface area contributed by atoms with Gasteiger partial charge >= 0.3 is 0 Å². The second kappa shape index (κ2) is 5.76. The highest BCUT2D eigenvalue weighted by atomic mass is 35.5. The first-order valence-corrected chi connectivity index (χ1v) is 7.92. The van der Waals surface area contributed by atoms with Crippen molar-refractivity contribution in [3.63, 3.8) is 0 Å². The van der Waals surface area contributed by atoms with Gasteiger partial charge in [0.25, 0.3) is 5.91 Å². The van der Waals surface area contributed by atoms with E-state index >= 15 is 0 Å². The molecule has 3 aromatic rings. The number of amides is 1. The summed E-state index contributed by atoms with van der Waals surface area (Å²) in [4.78, 5) is 16.4. The van der Waals surface area contributed by atoms with Crippen molar-refractivity contribution in [3.05, 3.63) is 70.8 Å². The zero-order valence-corrected chi connectivity index (χ0v) is 13.3. The zero-order valence-electron chi connectivity index (χ0n) is 12.6. The van der Waals surface area contributed by atoms with Gasteiger partial charge in [0.2, 0.25) is 0 Å². The van der Waals surface area contributed by atoms with Gasteiger partial charge in [-0.05, 0) is 36.2 Å². The van der Waals surface area contributed by atoms with E-state index in [0.29, 0.717) is 23.5 Å². The van der Waals surface area contributed by atoms with Crippen LogP contribution in [-0.2, 0) is 6.42 Å². The summed E-state index contributed by atoms with van der Waals surface area (Å²) in [7, 11) is 0. The fraction of sp³-hybridized carbons (Fsp3) is 0.111. The Morgan fingerprint density at radius 2 is 2.08 bits per heavy atom. The SMILES string of the molecule is O=C1NCCc2ccc(-n3ccnc3-c3cccc(F)c3Cl)cc21. The van der Waals surface area contributed by atoms with Crippen LogP contribution in [-0.4, -0.2) is 22.0 Å². The molecule has 4 rings (SSSR count). The van der Waals surface area contributed by atoms with Crippen molar-refractivity contribution in [2.75, 3.05) is 6.54 Å². The normalized spacial score (nSPS) is 13.5. The van der Waals surface area contributed by atoms with Gasteiger partial charge < -0.3 is 5.32 Å². The second-order valence-electron chi connectivity index (χ2n) is 5.57. The van der Waals surface area contributed by atoms with Crippen LogP contribution in [0.2, 0.25) is 5.02 Å². The molecule has 2 aromatic carbocycles. The number of nitrogens with zero attached hydrogens (tertiary/aromatic N) is 2. The molecule has 0 aliphatic carbocycles. The summed E-state index contributed by atoms with van der Waals surface area (Å²) in [5, 5.41) is 2.87. The van der Waals surface area contributed by atoms with E-state index in [4.69, 9.17) is 11.6 Å². The zero-order chi connectivity index (χ0) is 16.7. The van der Waals surface area contributed by atoms with Crippen molar-refractivity contribution in [3.8, 4) is 17.1 Å². The van der Waals surface area contributed by atoms with Gasteiger partial charge in [0.15, 0.2) is 0 Å². The smallest absolute Gasteiger partial charge is 0.251 e. The number of imidazole rings is 1. The molecule has 120 valence electrons. The number of nitrogens with one attached hydrogen (secondary N) is 1. The molecule has 0 radical (unpaired) electrons. The van der Waals surface area contributed by atoms with Crippen LogP contribution in [0.3, 0.4) is 0 Å². The molecular weight excluding hydrogens is 329 g/mol. The van der Waals surface area contributed by atoms with E-state index in [0.717, 1.165) is 17.7 Å². The number of benzene rings is 2. The first-order valence-electron chi connectivity index (χ1n) is 7.54. The first-order chi connectivity index (χ1) is 11.6. The Morgan fingerprint density at radius 1 is 1.21 bits per heavy atom. The molecule has 1 aliphatic rings. The van der Waals surface area contributed by atoms with Crippen molar-refractivity contribution >= 4 is 17.5 Å². The Labute approximate surface area is 142 Å². The Bertz CT molecular complexity index is 951. The van der Waals surface area contributed by atoms with Crippen LogP contribution >= 0.6 is 11.6 Å². The molecule has 6 heteroatoms. The lowest BCUT2D eigenvalue weighted by atomic mass is 9.99. The molecule has 0 bridgehead atoms. The number of fused-ring (bicyclic) bond motifs is 1. The molecule has 0 saturated heterocycles. The first kappa shape index (κ1) is 14.9. The van der Waals surface area contributed by atoms with Gasteiger partial charge in [-0.2, -0.15) is 0 Å². The van der Waals surface area contributed by atoms with Crippen molar-refractivity contribution in [1.29, 1.82) is 0 Å². The molecule has 1 aromatic heterocycles. The van der Waals surface area contributed by atoms with Gasteiger partial charge in [0.05, 0.1) is 5.02 Å². The number of aromatic nitrogens is 2. The maximum atomic E-state index is 13.8. The number of rotatable bonds is 2. The minimum atomic E-state index is -0.492. The Morgan fingerprint density at radius 3 is 2.96 bits per heavy atom. The van der Waals surface area contributed by atoms with Gasteiger partial charge in [0.1, 0.15) is 11.6 Å². The highest BCUT2D eigenvalue weighted by Gasteiger charge is 2.19. The summed E-state index contributed by atoms with van der Waals surface area (Å²) in [5.41, 5.74) is 2.96. The molecule has 1 N–H and O–H groups in total. The van der Waals surface area contributed by atoms with Gasteiger partial charge in [-0.25, -0.2) is 9.37 Å². The number of halogens is 2. The molecule has 2 heterocycles. The van der Waals surface area contributed by atoms with E-state index in [1.807, 2.05) is 18.2 Å². The van der Waals surface area contributed by atoms with Crippen LogP contribution in [0.4, 0.5) is 4.39 Å². The average molecular weight is 342 g/mol. The topological polar surface area (TPSA) is 46.9 Å². The summed E-state index contributed by atoms with van der Waals surface area (Å²) in [6.07, 6.45) is 4.20. The summed E-state index contributed by atoms with van der Waals surface area (Å²) >= 11 is 6.09. The molecule has 0 atom stereocenters. The van der Waals surface area contributed by atoms with E-state index in [1.165, 1.54) is 6.07 Å². The highest BCUT2D eigenvalue weighted by molar-refractivity contribution is 6.33. The highest BCUT2D eigenvalue weighted by Crippen LogP contribution is 2.31. The summed E-state index contributed by atoms with van der Waals surface area (Å²) < 4.78 is 15.6. The van der Waals surface area contributed by atoms with Crippen LogP contribution < -0.4 is 5.32 Å². The van der Waals surface area contributed by atoms with Crippen molar-refractivity contribution in [2.45, 2.75) is 6.42 Å². The maximum Gasteiger partial charge on any atom is 0.251 e. The van der Waals surface area contributed by atoms with Crippen LogP contribution in [0.1, 0.15) is 15.9 Å². The van der Waals surface area contributed by atoms with E-state index in [9.17, 15) is 9.18 Å². The lowest BCUT2D eigenvalue weighted by Gasteiger charge is -2.18. The van der Waals surface area contributed by atoms with Crippen LogP contribution in [0.5, 0.6) is 0 Å². The number of hydrogen-bond acceptors (Lipinski definition) is 2. The van der Waals surface area contributed by atoms with Crippen LogP contribution in [0.25, 0.3) is 17.1 Å². The fourth-order valence-electron chi connectivity index (χ4n) is 2.94. The summed E-state index contributed by atoms with van der Waals surface area (Å²) in [6, 6.07) is 10.3. The predicted molar refractivity (Wildman–Crippen MR) is 90.0 cm³/mol. The quantitative estimate of drug-likeness (QED) is 0.774. The molecule has 0 unspecified atom stereocenters. The number of carbonyl (C=O) groups excluding carboxylic acids is 1. The minimum absolute atomic E-state index is 0.0284. The van der Waals surface area contributed by atoms with Crippen molar-refractivity contribution in [1.82, 2.24) is 14.9 Å². The number of hydrogen-bond donors (Lipinski definition) is 1. The van der Waals surface area contributed by atoms with E-state index in [2.05, 4.69) is 10.3 Å². The van der Waals surface area contributed by atoms with Crippen LogP contribution in [0, 0.1) is 5.82 Å². The van der Waals surface area contributed by atoms with E-state index in [1.54, 1.807) is 29.1 Å². The lowest BCUT2D eigenvalue weighted by molar-refractivity contribution is 0.0946. The molecule has 1 amide bonds. The average Bonchev–Trinajstić information content (AvgIpc) is 3.07. The molecule has 1 aliphatic heterocycles. The fourth-order valence-corrected chi connectivity index (χ4v) is 3.15. The van der Waals surface area contributed by atoms with Crippen molar-refractivity contribution in [2.24, 2.45) is 0 Å². The third kappa shape index (κ3) is 2.37. The number of carbonyl (C=O) groups is 1. The summed E-state index contributed by atoms with van der Waals surface area (Å²) in [5.74, 6) is -0.0484. The molecule has 0 saturated carbocycles. The largest absolute Gasteiger partial charge is 0.352 e. The Balaban J connectivity index is 1.85. The molecule has 0 fully saturated rings. The van der Waals surface area contributed by atoms with Gasteiger partial charge in [-0.3, -0.25) is 9.36 Å². The van der Waals surface area contributed by atoms with Gasteiger partial charge in [0, 0.05) is 35.8 Å². The lowest BCUT2D eigenvalue weighted by Crippen LogP contribution is -2.31. The van der Waals surface area contributed by atoms with E-state index in [-0.39, 0.29) is 10.9 Å². The van der Waals surface area contributed by atoms with Crippen molar-refractivity contribution < 1.29 is 9.18 Å².